The van der Waals surface area contributed by atoms with Gasteiger partial charge in [0.15, 0.2) is 5.82 Å². The third-order valence-corrected chi connectivity index (χ3v) is 2.98. The molecule has 0 aliphatic carbocycles. The van der Waals surface area contributed by atoms with E-state index in [1.807, 2.05) is 18.2 Å². The first-order valence-corrected chi connectivity index (χ1v) is 6.81. The van der Waals surface area contributed by atoms with Crippen LogP contribution in [0, 0.1) is 6.92 Å². The summed E-state index contributed by atoms with van der Waals surface area (Å²) in [5.41, 5.74) is 0.985. The molecule has 0 spiro atoms. The summed E-state index contributed by atoms with van der Waals surface area (Å²) >= 11 is 5.88. The third kappa shape index (κ3) is 4.66. The predicted molar refractivity (Wildman–Crippen MR) is 75.3 cm³/mol. The standard InChI is InChI=1S/C14H16ClN3O2/c1-10-17-14(20-18-10)7-3-6-13(19)16-9-11-4-2-5-12(15)8-11/h2,4-5,8H,3,6-7,9H2,1H3,(H,16,19). The van der Waals surface area contributed by atoms with Gasteiger partial charge in [-0.3, -0.25) is 4.79 Å². The summed E-state index contributed by atoms with van der Waals surface area (Å²) in [6.07, 6.45) is 1.73. The summed E-state index contributed by atoms with van der Waals surface area (Å²) in [6, 6.07) is 7.43. The van der Waals surface area contributed by atoms with Crippen molar-refractivity contribution in [1.29, 1.82) is 0 Å². The Kier molecular flexibility index (Phi) is 5.12. The number of amides is 1. The van der Waals surface area contributed by atoms with Gasteiger partial charge < -0.3 is 9.84 Å². The highest BCUT2D eigenvalue weighted by Gasteiger charge is 2.05. The molecule has 1 aromatic carbocycles. The van der Waals surface area contributed by atoms with E-state index < -0.39 is 0 Å². The first-order chi connectivity index (χ1) is 9.63. The van der Waals surface area contributed by atoms with E-state index in [0.717, 1.165) is 5.56 Å². The Labute approximate surface area is 122 Å². The van der Waals surface area contributed by atoms with Crippen molar-refractivity contribution in [1.82, 2.24) is 15.5 Å². The third-order valence-electron chi connectivity index (χ3n) is 2.74. The first-order valence-electron chi connectivity index (χ1n) is 6.44. The maximum Gasteiger partial charge on any atom is 0.226 e. The number of halogens is 1. The second kappa shape index (κ2) is 7.05. The molecule has 1 heterocycles. The van der Waals surface area contributed by atoms with Gasteiger partial charge in [0.05, 0.1) is 0 Å². The van der Waals surface area contributed by atoms with Crippen molar-refractivity contribution in [3.63, 3.8) is 0 Å². The number of nitrogens with zero attached hydrogens (tertiary/aromatic N) is 2. The minimum atomic E-state index is 0.00112. The highest BCUT2D eigenvalue weighted by atomic mass is 35.5. The van der Waals surface area contributed by atoms with E-state index >= 15 is 0 Å². The average molecular weight is 294 g/mol. The Morgan fingerprint density at radius 2 is 2.30 bits per heavy atom. The Balaban J connectivity index is 1.68. The molecule has 2 aromatic rings. The second-order valence-electron chi connectivity index (χ2n) is 4.50. The number of hydrogen-bond acceptors (Lipinski definition) is 4. The van der Waals surface area contributed by atoms with Gasteiger partial charge in [-0.1, -0.05) is 28.9 Å². The quantitative estimate of drug-likeness (QED) is 0.889. The van der Waals surface area contributed by atoms with E-state index in [9.17, 15) is 4.79 Å². The van der Waals surface area contributed by atoms with Gasteiger partial charge in [-0.15, -0.1) is 0 Å². The molecular weight excluding hydrogens is 278 g/mol. The molecule has 0 aliphatic rings. The normalized spacial score (nSPS) is 10.5. The topological polar surface area (TPSA) is 68.0 Å². The molecule has 1 aromatic heterocycles. The van der Waals surface area contributed by atoms with Crippen LogP contribution in [-0.4, -0.2) is 16.0 Å². The predicted octanol–water partition coefficient (Wildman–Crippen LogP) is 2.67. The molecule has 0 fully saturated rings. The number of aryl methyl sites for hydroxylation is 2. The largest absolute Gasteiger partial charge is 0.352 e. The van der Waals surface area contributed by atoms with Gasteiger partial charge in [-0.05, 0) is 31.0 Å². The number of carbonyl (C=O) groups excluding carboxylic acids is 1. The zero-order valence-corrected chi connectivity index (χ0v) is 12.0. The molecule has 6 heteroatoms. The van der Waals surface area contributed by atoms with Crippen LogP contribution in [0.1, 0.15) is 30.1 Å². The molecule has 2 rings (SSSR count). The van der Waals surface area contributed by atoms with Crippen molar-refractivity contribution in [3.8, 4) is 0 Å². The Hall–Kier alpha value is -1.88. The number of carbonyl (C=O) groups is 1. The number of hydrogen-bond donors (Lipinski definition) is 1. The van der Waals surface area contributed by atoms with Crippen molar-refractivity contribution in [3.05, 3.63) is 46.6 Å². The van der Waals surface area contributed by atoms with E-state index in [1.54, 1.807) is 13.0 Å². The Morgan fingerprint density at radius 3 is 3.00 bits per heavy atom. The molecule has 0 aliphatic heterocycles. The molecule has 0 saturated carbocycles. The summed E-state index contributed by atoms with van der Waals surface area (Å²) in [7, 11) is 0. The van der Waals surface area contributed by atoms with Crippen molar-refractivity contribution >= 4 is 17.5 Å². The van der Waals surface area contributed by atoms with Gasteiger partial charge in [0, 0.05) is 24.4 Å². The van der Waals surface area contributed by atoms with Gasteiger partial charge in [-0.2, -0.15) is 4.98 Å². The van der Waals surface area contributed by atoms with Crippen molar-refractivity contribution in [2.24, 2.45) is 0 Å². The van der Waals surface area contributed by atoms with E-state index in [1.165, 1.54) is 0 Å². The molecule has 5 nitrogen and oxygen atoms in total. The molecule has 0 unspecified atom stereocenters. The summed E-state index contributed by atoms with van der Waals surface area (Å²) in [5, 5.41) is 7.22. The fourth-order valence-corrected chi connectivity index (χ4v) is 1.99. The minimum absolute atomic E-state index is 0.00112. The molecule has 0 radical (unpaired) electrons. The summed E-state index contributed by atoms with van der Waals surface area (Å²) in [6.45, 7) is 2.25. The molecule has 106 valence electrons. The summed E-state index contributed by atoms with van der Waals surface area (Å²) in [4.78, 5) is 15.8. The van der Waals surface area contributed by atoms with Crippen molar-refractivity contribution in [2.45, 2.75) is 32.7 Å². The van der Waals surface area contributed by atoms with Crippen molar-refractivity contribution < 1.29 is 9.32 Å². The highest BCUT2D eigenvalue weighted by Crippen LogP contribution is 2.10. The Bertz CT molecular complexity index is 583. The molecule has 0 saturated heterocycles. The van der Waals surface area contributed by atoms with Crippen LogP contribution < -0.4 is 5.32 Å². The lowest BCUT2D eigenvalue weighted by atomic mass is 10.2. The van der Waals surface area contributed by atoms with Crippen molar-refractivity contribution in [2.75, 3.05) is 0 Å². The molecule has 1 amide bonds. The van der Waals surface area contributed by atoms with E-state index in [0.29, 0.717) is 42.5 Å². The van der Waals surface area contributed by atoms with E-state index in [4.69, 9.17) is 16.1 Å². The summed E-state index contributed by atoms with van der Waals surface area (Å²) in [5.74, 6) is 1.19. The lowest BCUT2D eigenvalue weighted by Gasteiger charge is -2.05. The van der Waals surface area contributed by atoms with Crippen LogP contribution in [0.15, 0.2) is 28.8 Å². The lowest BCUT2D eigenvalue weighted by Crippen LogP contribution is -2.22. The molecule has 0 bridgehead atoms. The van der Waals surface area contributed by atoms with Crippen LogP contribution in [0.2, 0.25) is 5.02 Å². The number of rotatable bonds is 6. The average Bonchev–Trinajstić information content (AvgIpc) is 2.82. The monoisotopic (exact) mass is 293 g/mol. The van der Waals surface area contributed by atoms with Crippen LogP contribution in [0.3, 0.4) is 0 Å². The van der Waals surface area contributed by atoms with Crippen LogP contribution in [0.5, 0.6) is 0 Å². The smallest absolute Gasteiger partial charge is 0.226 e. The summed E-state index contributed by atoms with van der Waals surface area (Å²) < 4.78 is 4.98. The fourth-order valence-electron chi connectivity index (χ4n) is 1.78. The van der Waals surface area contributed by atoms with E-state index in [-0.39, 0.29) is 5.91 Å². The highest BCUT2D eigenvalue weighted by molar-refractivity contribution is 6.30. The molecular formula is C14H16ClN3O2. The van der Waals surface area contributed by atoms with Gasteiger partial charge in [0.2, 0.25) is 11.8 Å². The number of nitrogens with one attached hydrogen (secondary N) is 1. The SMILES string of the molecule is Cc1noc(CCCC(=O)NCc2cccc(Cl)c2)n1. The zero-order chi connectivity index (χ0) is 14.4. The maximum atomic E-state index is 11.7. The molecule has 1 N–H and O–H groups in total. The van der Waals surface area contributed by atoms with Crippen LogP contribution in [-0.2, 0) is 17.8 Å². The zero-order valence-electron chi connectivity index (χ0n) is 11.2. The lowest BCUT2D eigenvalue weighted by molar-refractivity contribution is -0.121. The maximum absolute atomic E-state index is 11.7. The van der Waals surface area contributed by atoms with E-state index in [2.05, 4.69) is 15.5 Å². The van der Waals surface area contributed by atoms with Crippen LogP contribution in [0.4, 0.5) is 0 Å². The van der Waals surface area contributed by atoms with Gasteiger partial charge in [0.25, 0.3) is 0 Å². The number of aromatic nitrogens is 2. The first kappa shape index (κ1) is 14.5. The van der Waals surface area contributed by atoms with Gasteiger partial charge >= 0.3 is 0 Å². The van der Waals surface area contributed by atoms with Gasteiger partial charge in [0.1, 0.15) is 0 Å². The fraction of sp³-hybridized carbons (Fsp3) is 0.357. The second-order valence-corrected chi connectivity index (χ2v) is 4.93. The van der Waals surface area contributed by atoms with Crippen LogP contribution >= 0.6 is 11.6 Å². The number of benzene rings is 1. The molecule has 0 atom stereocenters. The minimum Gasteiger partial charge on any atom is -0.352 e. The van der Waals surface area contributed by atoms with Crippen LogP contribution in [0.25, 0.3) is 0 Å². The Morgan fingerprint density at radius 1 is 1.45 bits per heavy atom. The molecule has 20 heavy (non-hydrogen) atoms. The van der Waals surface area contributed by atoms with Gasteiger partial charge in [-0.25, -0.2) is 0 Å².